The van der Waals surface area contributed by atoms with Crippen molar-refractivity contribution in [2.24, 2.45) is 0 Å². The van der Waals surface area contributed by atoms with Crippen LogP contribution in [0, 0.1) is 0 Å². The van der Waals surface area contributed by atoms with Gasteiger partial charge in [0.25, 0.3) is 5.91 Å². The molecule has 5 N–H and O–H groups in total. The summed E-state index contributed by atoms with van der Waals surface area (Å²) in [6.07, 6.45) is 1.20. The molecule has 1 amide bonds. The number of carbonyl (C=O) groups is 1. The zero-order valence-corrected chi connectivity index (χ0v) is 7.24. The first-order valence-corrected chi connectivity index (χ1v) is 3.81. The molecule has 0 aliphatic carbocycles. The Kier molecular flexibility index (Phi) is 2.63. The summed E-state index contributed by atoms with van der Waals surface area (Å²) in [4.78, 5) is 18.7. The average molecular weight is 181 g/mol. The van der Waals surface area contributed by atoms with Crippen molar-refractivity contribution in [2.45, 2.75) is 6.92 Å². The van der Waals surface area contributed by atoms with E-state index in [2.05, 4.69) is 15.3 Å². The van der Waals surface area contributed by atoms with Gasteiger partial charge in [0.1, 0.15) is 12.0 Å². The summed E-state index contributed by atoms with van der Waals surface area (Å²) in [5.74, 6) is -0.217. The smallest absolute Gasteiger partial charge is 0.272 e. The average Bonchev–Trinajstić information content (AvgIpc) is 2.10. The first kappa shape index (κ1) is 9.24. The Morgan fingerprint density at radius 1 is 1.54 bits per heavy atom. The molecule has 6 nitrogen and oxygen atoms in total. The fraction of sp³-hybridized carbons (Fsp3) is 0.286. The van der Waals surface area contributed by atoms with Gasteiger partial charge in [-0.1, -0.05) is 0 Å². The molecule has 0 spiro atoms. The Hall–Kier alpha value is -1.85. The number of hydrogen-bond donors (Lipinski definition) is 3. The maximum atomic E-state index is 11.3. The van der Waals surface area contributed by atoms with Gasteiger partial charge in [0.05, 0.1) is 0 Å². The number of nitrogens with zero attached hydrogens (tertiary/aromatic N) is 2. The highest BCUT2D eigenvalue weighted by Crippen LogP contribution is 2.13. The molecule has 1 aromatic heterocycles. The van der Waals surface area contributed by atoms with E-state index in [1.54, 1.807) is 6.92 Å². The number of hydrogen-bond acceptors (Lipinski definition) is 5. The number of aromatic nitrogens is 2. The number of nitrogen functional groups attached to an aromatic ring is 2. The third kappa shape index (κ3) is 1.84. The van der Waals surface area contributed by atoms with E-state index in [0.717, 1.165) is 0 Å². The minimum absolute atomic E-state index is 0.119. The van der Waals surface area contributed by atoms with E-state index in [9.17, 15) is 4.79 Å². The normalized spacial score (nSPS) is 9.62. The largest absolute Gasteiger partial charge is 0.394 e. The van der Waals surface area contributed by atoms with Crippen LogP contribution in [0.25, 0.3) is 0 Å². The molecule has 6 heteroatoms. The highest BCUT2D eigenvalue weighted by atomic mass is 16.1. The molecule has 1 heterocycles. The van der Waals surface area contributed by atoms with Gasteiger partial charge in [0, 0.05) is 6.54 Å². The van der Waals surface area contributed by atoms with Crippen molar-refractivity contribution in [1.29, 1.82) is 0 Å². The van der Waals surface area contributed by atoms with Crippen LogP contribution in [0.2, 0.25) is 0 Å². The van der Waals surface area contributed by atoms with Gasteiger partial charge in [-0.25, -0.2) is 9.97 Å². The zero-order valence-electron chi connectivity index (χ0n) is 7.24. The van der Waals surface area contributed by atoms with Gasteiger partial charge < -0.3 is 16.8 Å². The van der Waals surface area contributed by atoms with Gasteiger partial charge >= 0.3 is 0 Å². The van der Waals surface area contributed by atoms with Crippen LogP contribution in [0.5, 0.6) is 0 Å². The molecule has 0 unspecified atom stereocenters. The van der Waals surface area contributed by atoms with Gasteiger partial charge in [-0.3, -0.25) is 4.79 Å². The Morgan fingerprint density at radius 3 is 2.85 bits per heavy atom. The van der Waals surface area contributed by atoms with E-state index in [0.29, 0.717) is 6.54 Å². The van der Waals surface area contributed by atoms with E-state index < -0.39 is 0 Å². The number of nitrogens with two attached hydrogens (primary N) is 2. The van der Waals surface area contributed by atoms with Gasteiger partial charge in [-0.05, 0) is 6.92 Å². The molecule has 0 atom stereocenters. The second-order valence-electron chi connectivity index (χ2n) is 2.38. The van der Waals surface area contributed by atoms with Crippen molar-refractivity contribution in [3.8, 4) is 0 Å². The number of amides is 1. The van der Waals surface area contributed by atoms with Crippen molar-refractivity contribution in [2.75, 3.05) is 18.0 Å². The van der Waals surface area contributed by atoms with Crippen molar-refractivity contribution in [3.63, 3.8) is 0 Å². The fourth-order valence-electron chi connectivity index (χ4n) is 0.834. The number of rotatable bonds is 2. The Labute approximate surface area is 75.4 Å². The third-order valence-electron chi connectivity index (χ3n) is 1.47. The molecule has 1 rings (SSSR count). The molecule has 13 heavy (non-hydrogen) atoms. The van der Waals surface area contributed by atoms with Gasteiger partial charge in [-0.15, -0.1) is 0 Å². The quantitative estimate of drug-likeness (QED) is 0.564. The van der Waals surface area contributed by atoms with Crippen molar-refractivity contribution in [1.82, 2.24) is 15.3 Å². The molecule has 0 aliphatic heterocycles. The maximum Gasteiger partial charge on any atom is 0.272 e. The van der Waals surface area contributed by atoms with E-state index >= 15 is 0 Å². The van der Waals surface area contributed by atoms with Crippen molar-refractivity contribution in [3.05, 3.63) is 12.0 Å². The van der Waals surface area contributed by atoms with E-state index in [1.807, 2.05) is 0 Å². The summed E-state index contributed by atoms with van der Waals surface area (Å²) in [5, 5.41) is 2.57. The first-order chi connectivity index (χ1) is 6.16. The fourth-order valence-corrected chi connectivity index (χ4v) is 0.834. The SMILES string of the molecule is CCNC(=O)c1ncnc(N)c1N. The minimum atomic E-state index is -0.339. The topological polar surface area (TPSA) is 107 Å². The Bertz CT molecular complexity index is 325. The lowest BCUT2D eigenvalue weighted by Gasteiger charge is -2.04. The lowest BCUT2D eigenvalue weighted by molar-refractivity contribution is 0.0951. The number of anilines is 2. The van der Waals surface area contributed by atoms with Crippen LogP contribution in [0.15, 0.2) is 6.33 Å². The van der Waals surface area contributed by atoms with Crippen LogP contribution in [0.1, 0.15) is 17.4 Å². The predicted octanol–water partition coefficient (Wildman–Crippen LogP) is -0.609. The first-order valence-electron chi connectivity index (χ1n) is 3.81. The summed E-state index contributed by atoms with van der Waals surface area (Å²) >= 11 is 0. The molecule has 0 saturated heterocycles. The van der Waals surface area contributed by atoms with E-state index in [4.69, 9.17) is 11.5 Å². The standard InChI is InChI=1S/C7H11N5O/c1-2-10-7(13)5-4(8)6(9)12-3-11-5/h3H,2,8H2,1H3,(H,10,13)(H2,9,11,12). The number of carbonyl (C=O) groups excluding carboxylic acids is 1. The summed E-state index contributed by atoms with van der Waals surface area (Å²) < 4.78 is 0. The van der Waals surface area contributed by atoms with E-state index in [1.165, 1.54) is 6.33 Å². The van der Waals surface area contributed by atoms with Gasteiger partial charge in [-0.2, -0.15) is 0 Å². The zero-order chi connectivity index (χ0) is 9.84. The monoisotopic (exact) mass is 181 g/mol. The van der Waals surface area contributed by atoms with Crippen LogP contribution in [-0.4, -0.2) is 22.4 Å². The van der Waals surface area contributed by atoms with Crippen LogP contribution in [0.4, 0.5) is 11.5 Å². The number of nitrogens with one attached hydrogen (secondary N) is 1. The highest BCUT2D eigenvalue weighted by Gasteiger charge is 2.12. The molecule has 0 saturated carbocycles. The molecule has 0 radical (unpaired) electrons. The van der Waals surface area contributed by atoms with Gasteiger partial charge in [0.2, 0.25) is 0 Å². The lowest BCUT2D eigenvalue weighted by atomic mass is 10.3. The van der Waals surface area contributed by atoms with Crippen LogP contribution in [-0.2, 0) is 0 Å². The van der Waals surface area contributed by atoms with Gasteiger partial charge in [0.15, 0.2) is 11.5 Å². The summed E-state index contributed by atoms with van der Waals surface area (Å²) in [6, 6.07) is 0. The third-order valence-corrected chi connectivity index (χ3v) is 1.47. The second-order valence-corrected chi connectivity index (χ2v) is 2.38. The lowest BCUT2D eigenvalue weighted by Crippen LogP contribution is -2.25. The van der Waals surface area contributed by atoms with Crippen LogP contribution >= 0.6 is 0 Å². The van der Waals surface area contributed by atoms with E-state index in [-0.39, 0.29) is 23.1 Å². The highest BCUT2D eigenvalue weighted by molar-refractivity contribution is 5.98. The van der Waals surface area contributed by atoms with Crippen molar-refractivity contribution >= 4 is 17.4 Å². The van der Waals surface area contributed by atoms with Crippen molar-refractivity contribution < 1.29 is 4.79 Å². The minimum Gasteiger partial charge on any atom is -0.394 e. The predicted molar refractivity (Wildman–Crippen MR) is 48.9 cm³/mol. The van der Waals surface area contributed by atoms with Crippen LogP contribution in [0.3, 0.4) is 0 Å². The molecule has 1 aromatic rings. The molecule has 70 valence electrons. The molecule has 0 aromatic carbocycles. The summed E-state index contributed by atoms with van der Waals surface area (Å²) in [5.41, 5.74) is 11.1. The maximum absolute atomic E-state index is 11.3. The Morgan fingerprint density at radius 2 is 2.23 bits per heavy atom. The molecular formula is C7H11N5O. The Balaban J connectivity index is 3.01. The summed E-state index contributed by atoms with van der Waals surface area (Å²) in [7, 11) is 0. The second kappa shape index (κ2) is 3.70. The molecular weight excluding hydrogens is 170 g/mol. The summed E-state index contributed by atoms with van der Waals surface area (Å²) in [6.45, 7) is 2.32. The molecule has 0 fully saturated rings. The molecule has 0 aliphatic rings. The molecule has 0 bridgehead atoms. The van der Waals surface area contributed by atoms with Crippen LogP contribution < -0.4 is 16.8 Å².